The van der Waals surface area contributed by atoms with Gasteiger partial charge in [-0.3, -0.25) is 4.79 Å². The number of amides is 1. The molecule has 1 amide bonds. The molecule has 0 aromatic carbocycles. The normalized spacial score (nSPS) is 26.0. The van der Waals surface area contributed by atoms with Crippen LogP contribution in [0.15, 0.2) is 0 Å². The van der Waals surface area contributed by atoms with Gasteiger partial charge < -0.3 is 25.3 Å². The number of hydrogen-bond donors (Lipinski definition) is 4. The number of likely N-dealkylation sites (tertiary alicyclic amines) is 1. The minimum absolute atomic E-state index is 0.0558. The van der Waals surface area contributed by atoms with Crippen molar-refractivity contribution in [3.05, 3.63) is 0 Å². The van der Waals surface area contributed by atoms with E-state index in [0.29, 0.717) is 32.2 Å². The summed E-state index contributed by atoms with van der Waals surface area (Å²) < 4.78 is 53.8. The topological polar surface area (TPSA) is 210 Å². The van der Waals surface area contributed by atoms with Gasteiger partial charge in [-0.05, 0) is 58.7 Å². The number of carbonyl (C=O) groups excluding carboxylic acids is 1. The smallest absolute Gasteiger partial charge is 0.335 e. The van der Waals surface area contributed by atoms with Crippen molar-refractivity contribution in [2.45, 2.75) is 83.1 Å². The molecule has 5 atom stereocenters. The second-order valence-electron chi connectivity index (χ2n) is 10.0. The van der Waals surface area contributed by atoms with E-state index in [-0.39, 0.29) is 11.5 Å². The van der Waals surface area contributed by atoms with E-state index < -0.39 is 68.1 Å². The Morgan fingerprint density at radius 2 is 1.49 bits per heavy atom. The van der Waals surface area contributed by atoms with Gasteiger partial charge in [-0.15, -0.1) is 0 Å². The Labute approximate surface area is 229 Å². The molecule has 0 radical (unpaired) electrons. The standard InChI is InChI=1S/C19H35N3O5S2.C4H6O6/c1-3-9-16-18-17(22(19(16)23)28(24,25)4-2)10-14-21(18)29(26,27)15-8-13-20-11-6-5-7-12-20;5-1(3(7)8)2(6)4(9)10/h16-18H,3-15H2,1-2H3;1-2,5-6H,(H,7,8)(H,9,10)/t16-,17+,18-;/m1./s1. The predicted octanol–water partition coefficient (Wildman–Crippen LogP) is -0.879. The van der Waals surface area contributed by atoms with Gasteiger partial charge >= 0.3 is 11.9 Å². The zero-order valence-corrected chi connectivity index (χ0v) is 24.0. The molecule has 0 saturated carbocycles. The van der Waals surface area contributed by atoms with Crippen LogP contribution < -0.4 is 0 Å². The fraction of sp³-hybridized carbons (Fsp3) is 0.870. The molecule has 14 nitrogen and oxygen atoms in total. The highest BCUT2D eigenvalue weighted by atomic mass is 32.2. The molecular formula is C23H41N3O11S2. The summed E-state index contributed by atoms with van der Waals surface area (Å²) in [7, 11) is -7.23. The molecule has 0 aliphatic carbocycles. The quantitative estimate of drug-likeness (QED) is 0.215. The fourth-order valence-corrected chi connectivity index (χ4v) is 8.52. The lowest BCUT2D eigenvalue weighted by Crippen LogP contribution is -2.44. The summed E-state index contributed by atoms with van der Waals surface area (Å²) in [4.78, 5) is 34.8. The molecule has 0 spiro atoms. The molecule has 3 aliphatic heterocycles. The number of fused-ring (bicyclic) bond motifs is 1. The maximum atomic E-state index is 13.1. The number of rotatable bonds is 12. The molecule has 0 aromatic rings. The Morgan fingerprint density at radius 3 is 1.97 bits per heavy atom. The highest BCUT2D eigenvalue weighted by Gasteiger charge is 2.58. The fourth-order valence-electron chi connectivity index (χ4n) is 5.42. The first-order chi connectivity index (χ1) is 18.2. The van der Waals surface area contributed by atoms with Gasteiger partial charge in [0.25, 0.3) is 0 Å². The molecule has 226 valence electrons. The van der Waals surface area contributed by atoms with Crippen molar-refractivity contribution in [1.29, 1.82) is 0 Å². The van der Waals surface area contributed by atoms with Crippen LogP contribution >= 0.6 is 0 Å². The van der Waals surface area contributed by atoms with Gasteiger partial charge in [0.05, 0.1) is 29.5 Å². The predicted molar refractivity (Wildman–Crippen MR) is 140 cm³/mol. The molecule has 2 unspecified atom stereocenters. The lowest BCUT2D eigenvalue weighted by molar-refractivity contribution is -0.165. The van der Waals surface area contributed by atoms with Crippen LogP contribution in [-0.4, -0.2) is 131 Å². The molecule has 3 saturated heterocycles. The number of carboxylic acid groups (broad SMARTS) is 2. The molecule has 16 heteroatoms. The van der Waals surface area contributed by atoms with Crippen molar-refractivity contribution < 1.29 is 51.6 Å². The van der Waals surface area contributed by atoms with Gasteiger partial charge in [0.2, 0.25) is 26.0 Å². The number of sulfonamides is 2. The van der Waals surface area contributed by atoms with E-state index in [1.165, 1.54) is 30.5 Å². The average Bonchev–Trinajstić information content (AvgIpc) is 3.42. The van der Waals surface area contributed by atoms with E-state index in [9.17, 15) is 31.2 Å². The minimum Gasteiger partial charge on any atom is -0.479 e. The largest absolute Gasteiger partial charge is 0.479 e. The SMILES string of the molecule is CCC[C@H]1C(=O)N(S(=O)(=O)CC)[C@H]2CCN(S(=O)(=O)CCCN3CCCCC3)[C@H]12.O=C(O)C(O)C(O)C(=O)O. The van der Waals surface area contributed by atoms with Crippen LogP contribution in [-0.2, 0) is 34.4 Å². The maximum absolute atomic E-state index is 13.1. The second kappa shape index (κ2) is 14.2. The summed E-state index contributed by atoms with van der Waals surface area (Å²) in [6, 6.07) is -1.11. The molecule has 3 rings (SSSR count). The summed E-state index contributed by atoms with van der Waals surface area (Å²) in [5.41, 5.74) is 0. The summed E-state index contributed by atoms with van der Waals surface area (Å²) in [5, 5.41) is 32.5. The molecule has 0 bridgehead atoms. The van der Waals surface area contributed by atoms with Crippen LogP contribution in [0.4, 0.5) is 0 Å². The number of aliphatic hydroxyl groups excluding tert-OH is 2. The van der Waals surface area contributed by atoms with Gasteiger partial charge in [-0.2, -0.15) is 4.31 Å². The first-order valence-electron chi connectivity index (χ1n) is 13.3. The molecular weight excluding hydrogens is 558 g/mol. The number of carbonyl (C=O) groups is 3. The van der Waals surface area contributed by atoms with Crippen LogP contribution in [0.25, 0.3) is 0 Å². The number of aliphatic carboxylic acids is 2. The first-order valence-corrected chi connectivity index (χ1v) is 16.5. The van der Waals surface area contributed by atoms with Crippen molar-refractivity contribution in [3.63, 3.8) is 0 Å². The van der Waals surface area contributed by atoms with Crippen LogP contribution in [0.5, 0.6) is 0 Å². The van der Waals surface area contributed by atoms with E-state index in [1.54, 1.807) is 0 Å². The van der Waals surface area contributed by atoms with Crippen LogP contribution in [0.3, 0.4) is 0 Å². The van der Waals surface area contributed by atoms with E-state index in [0.717, 1.165) is 23.9 Å². The monoisotopic (exact) mass is 599 g/mol. The Balaban J connectivity index is 0.000000455. The highest BCUT2D eigenvalue weighted by Crippen LogP contribution is 2.41. The summed E-state index contributed by atoms with van der Waals surface area (Å²) in [6.07, 6.45) is 1.24. The Bertz CT molecular complexity index is 1060. The average molecular weight is 600 g/mol. The Kier molecular flexibility index (Phi) is 12.1. The van der Waals surface area contributed by atoms with E-state index in [4.69, 9.17) is 20.4 Å². The summed E-state index contributed by atoms with van der Waals surface area (Å²) in [6.45, 7) is 6.59. The lowest BCUT2D eigenvalue weighted by Gasteiger charge is -2.28. The molecule has 4 N–H and O–H groups in total. The zero-order chi connectivity index (χ0) is 29.5. The number of piperidine rings is 1. The third-order valence-corrected chi connectivity index (χ3v) is 11.1. The van der Waals surface area contributed by atoms with Gasteiger partial charge in [-0.25, -0.2) is 30.7 Å². The third kappa shape index (κ3) is 8.10. The molecule has 3 aliphatic rings. The van der Waals surface area contributed by atoms with Gasteiger partial charge in [-0.1, -0.05) is 19.8 Å². The van der Waals surface area contributed by atoms with Crippen molar-refractivity contribution in [1.82, 2.24) is 13.5 Å². The highest BCUT2D eigenvalue weighted by molar-refractivity contribution is 7.89. The molecule has 3 fully saturated rings. The molecule has 39 heavy (non-hydrogen) atoms. The number of nitrogens with zero attached hydrogens (tertiary/aromatic N) is 3. The zero-order valence-electron chi connectivity index (χ0n) is 22.4. The third-order valence-electron chi connectivity index (χ3n) is 7.37. The van der Waals surface area contributed by atoms with Crippen LogP contribution in [0, 0.1) is 5.92 Å². The number of hydrogen-bond acceptors (Lipinski definition) is 10. The molecule has 3 heterocycles. The van der Waals surface area contributed by atoms with Gasteiger partial charge in [0, 0.05) is 6.54 Å². The first kappa shape index (κ1) is 33.4. The summed E-state index contributed by atoms with van der Waals surface area (Å²) >= 11 is 0. The van der Waals surface area contributed by atoms with E-state index in [2.05, 4.69) is 4.90 Å². The van der Waals surface area contributed by atoms with Crippen LogP contribution in [0.2, 0.25) is 0 Å². The number of carboxylic acids is 2. The Hall–Kier alpha value is -1.85. The maximum Gasteiger partial charge on any atom is 0.335 e. The Morgan fingerprint density at radius 1 is 0.923 bits per heavy atom. The minimum atomic E-state index is -3.70. The van der Waals surface area contributed by atoms with E-state index >= 15 is 0 Å². The van der Waals surface area contributed by atoms with E-state index in [1.807, 2.05) is 6.92 Å². The van der Waals surface area contributed by atoms with Crippen molar-refractivity contribution in [2.24, 2.45) is 5.92 Å². The van der Waals surface area contributed by atoms with Crippen LogP contribution in [0.1, 0.15) is 58.8 Å². The number of aliphatic hydroxyl groups is 2. The summed E-state index contributed by atoms with van der Waals surface area (Å²) in [5.74, 6) is -4.61. The van der Waals surface area contributed by atoms with Gasteiger partial charge in [0.1, 0.15) is 0 Å². The van der Waals surface area contributed by atoms with Crippen molar-refractivity contribution >= 4 is 37.9 Å². The van der Waals surface area contributed by atoms with Crippen molar-refractivity contribution in [3.8, 4) is 0 Å². The second-order valence-corrected chi connectivity index (χ2v) is 14.2. The lowest BCUT2D eigenvalue weighted by atomic mass is 9.95. The van der Waals surface area contributed by atoms with Gasteiger partial charge in [0.15, 0.2) is 12.2 Å². The van der Waals surface area contributed by atoms with Crippen molar-refractivity contribution in [2.75, 3.05) is 37.7 Å². The molecule has 0 aromatic heterocycles.